The van der Waals surface area contributed by atoms with E-state index in [1.807, 2.05) is 97.1 Å². The summed E-state index contributed by atoms with van der Waals surface area (Å²) >= 11 is 0. The highest BCUT2D eigenvalue weighted by atomic mass is 28.3. The summed E-state index contributed by atoms with van der Waals surface area (Å²) in [5.41, 5.74) is 5.53. The van der Waals surface area contributed by atoms with E-state index in [0.29, 0.717) is 39.4 Å². The molecule has 66 heavy (non-hydrogen) atoms. The van der Waals surface area contributed by atoms with E-state index < -0.39 is 8.07 Å². The van der Waals surface area contributed by atoms with Gasteiger partial charge in [-0.1, -0.05) is 224 Å². The summed E-state index contributed by atoms with van der Waals surface area (Å²) in [5.74, 6) is 1.57. The summed E-state index contributed by atoms with van der Waals surface area (Å²) in [6, 6.07) is 76.4. The van der Waals surface area contributed by atoms with Gasteiger partial charge in [0.15, 0.2) is 25.5 Å². The third kappa shape index (κ3) is 6.73. The van der Waals surface area contributed by atoms with Gasteiger partial charge in [-0.15, -0.1) is 0 Å². The fourth-order valence-corrected chi connectivity index (χ4v) is 14.3. The lowest BCUT2D eigenvalue weighted by Crippen LogP contribution is -2.74. The zero-order valence-electron chi connectivity index (χ0n) is 39.6. The Kier molecular flexibility index (Phi) is 8.76. The molecule has 0 saturated carbocycles. The van der Waals surface area contributed by atoms with Gasteiger partial charge in [0.1, 0.15) is 11.2 Å². The molecule has 310 valence electrons. The molecule has 4 nitrogen and oxygen atoms in total. The molecule has 0 spiro atoms. The van der Waals surface area contributed by atoms with Gasteiger partial charge in [-0.3, -0.25) is 0 Å². The van der Waals surface area contributed by atoms with Gasteiger partial charge in [0, 0.05) is 27.5 Å². The molecule has 0 aliphatic heterocycles. The molecule has 10 aromatic carbocycles. The maximum atomic E-state index is 9.38. The molecule has 2 aromatic heterocycles. The third-order valence-electron chi connectivity index (χ3n) is 12.6. The normalized spacial score (nSPS) is 12.5. The van der Waals surface area contributed by atoms with Gasteiger partial charge in [-0.2, -0.15) is 0 Å². The average molecular weight is 864 g/mol. The van der Waals surface area contributed by atoms with Crippen molar-refractivity contribution in [2.75, 3.05) is 0 Å². The molecule has 0 amide bonds. The van der Waals surface area contributed by atoms with Crippen molar-refractivity contribution < 1.29 is 9.90 Å². The van der Waals surface area contributed by atoms with Crippen molar-refractivity contribution in [2.45, 2.75) is 0 Å². The van der Waals surface area contributed by atoms with Gasteiger partial charge in [0.05, 0.1) is 5.48 Å². The number of benzene rings is 10. The molecule has 0 bridgehead atoms. The van der Waals surface area contributed by atoms with Crippen molar-refractivity contribution in [3.63, 3.8) is 0 Å². The summed E-state index contributed by atoms with van der Waals surface area (Å²) < 4.78 is 43.1. The van der Waals surface area contributed by atoms with E-state index in [1.54, 1.807) is 6.07 Å². The molecule has 0 radical (unpaired) electrons. The zero-order chi connectivity index (χ0) is 47.3. The van der Waals surface area contributed by atoms with Crippen LogP contribution in [0.3, 0.4) is 0 Å². The number of furan rings is 1. The van der Waals surface area contributed by atoms with Crippen LogP contribution in [-0.4, -0.2) is 23.0 Å². The Morgan fingerprint density at radius 3 is 1.38 bits per heavy atom. The summed E-state index contributed by atoms with van der Waals surface area (Å²) in [7, 11) is -2.77. The Labute approximate surface area is 389 Å². The zero-order valence-corrected chi connectivity index (χ0v) is 36.6. The van der Waals surface area contributed by atoms with E-state index in [0.717, 1.165) is 38.6 Å². The molecular formula is C61H41N3OSi. The molecule has 2 heterocycles. The smallest absolute Gasteiger partial charge is 0.179 e. The lowest BCUT2D eigenvalue weighted by Gasteiger charge is -2.34. The SMILES string of the molecule is [2H]c1cc2c(oc3c([2H])cc([2H])c(-c4ccc(-c5nc(-c6ccccc6)nc(-c6ccc([Si](c7ccccc7)(c7ccccc7)c7ccccc7)cc6)n5)c5ccccc45)c32)c([2H])c1-c1ccccc1. The van der Waals surface area contributed by atoms with Gasteiger partial charge in [-0.25, -0.2) is 15.0 Å². The van der Waals surface area contributed by atoms with Crippen LogP contribution in [0.1, 0.15) is 5.48 Å². The fraction of sp³-hybridized carbons (Fsp3) is 0. The first-order valence-electron chi connectivity index (χ1n) is 24.0. The maximum absolute atomic E-state index is 9.38. The Hall–Kier alpha value is -8.51. The van der Waals surface area contributed by atoms with Crippen molar-refractivity contribution in [1.29, 1.82) is 0 Å². The van der Waals surface area contributed by atoms with Crippen molar-refractivity contribution in [2.24, 2.45) is 0 Å². The molecule has 5 heteroatoms. The van der Waals surface area contributed by atoms with Gasteiger partial charge in [0.2, 0.25) is 0 Å². The lowest BCUT2D eigenvalue weighted by molar-refractivity contribution is 0.669. The lowest BCUT2D eigenvalue weighted by atomic mass is 9.92. The molecule has 0 N–H and O–H groups in total. The van der Waals surface area contributed by atoms with E-state index in [4.69, 9.17) is 22.1 Å². The van der Waals surface area contributed by atoms with E-state index in [-0.39, 0.29) is 35.3 Å². The monoisotopic (exact) mass is 863 g/mol. The Morgan fingerprint density at radius 2 is 0.788 bits per heavy atom. The van der Waals surface area contributed by atoms with Crippen LogP contribution in [-0.2, 0) is 0 Å². The second kappa shape index (κ2) is 16.6. The van der Waals surface area contributed by atoms with Gasteiger partial charge in [0.25, 0.3) is 0 Å². The molecule has 0 aliphatic rings. The molecule has 12 aromatic rings. The molecule has 0 atom stereocenters. The second-order valence-electron chi connectivity index (χ2n) is 16.3. The van der Waals surface area contributed by atoms with Crippen LogP contribution in [0.2, 0.25) is 0 Å². The van der Waals surface area contributed by atoms with Gasteiger partial charge >= 0.3 is 0 Å². The Balaban J connectivity index is 1.03. The van der Waals surface area contributed by atoms with Gasteiger partial charge in [-0.05, 0) is 78.0 Å². The first-order valence-corrected chi connectivity index (χ1v) is 24.0. The number of hydrogen-bond donors (Lipinski definition) is 0. The summed E-state index contributed by atoms with van der Waals surface area (Å²) in [4.78, 5) is 15.5. The van der Waals surface area contributed by atoms with Crippen LogP contribution in [0.5, 0.6) is 0 Å². The molecule has 12 rings (SSSR count). The predicted molar refractivity (Wildman–Crippen MR) is 275 cm³/mol. The predicted octanol–water partition coefficient (Wildman–Crippen LogP) is 12.6. The van der Waals surface area contributed by atoms with Crippen LogP contribution in [0.4, 0.5) is 0 Å². The number of hydrogen-bond acceptors (Lipinski definition) is 4. The Morgan fingerprint density at radius 1 is 0.318 bits per heavy atom. The summed E-state index contributed by atoms with van der Waals surface area (Å²) in [6.45, 7) is 0. The van der Waals surface area contributed by atoms with Crippen LogP contribution in [0.25, 0.3) is 89.1 Å². The standard InChI is InChI=1S/C61H41N3OSi/c1-6-19-42(20-7-1)45-35-38-55-57(41-45)65-56-32-18-31-53(58(55)56)52-39-40-54(51-30-17-16-29-50(51)52)61-63-59(43-21-8-2-9-22-43)62-60(64-61)44-33-36-49(37-34-44)66(46-23-10-3-11-24-46,47-25-12-4-13-26-47)48-27-14-5-15-28-48/h1-41H/i31D,32D,35D,41D. The molecule has 0 fully saturated rings. The van der Waals surface area contributed by atoms with Crippen molar-refractivity contribution >= 4 is 61.5 Å². The van der Waals surface area contributed by atoms with Crippen molar-refractivity contribution in [1.82, 2.24) is 15.0 Å². The van der Waals surface area contributed by atoms with Crippen LogP contribution in [0.15, 0.2) is 253 Å². The highest BCUT2D eigenvalue weighted by Crippen LogP contribution is 2.42. The fourth-order valence-electron chi connectivity index (χ4n) is 9.52. The van der Waals surface area contributed by atoms with Crippen LogP contribution < -0.4 is 20.7 Å². The quantitative estimate of drug-likeness (QED) is 0.107. The Bertz CT molecular complexity index is 3820. The highest BCUT2D eigenvalue weighted by molar-refractivity contribution is 7.19. The van der Waals surface area contributed by atoms with Crippen molar-refractivity contribution in [3.05, 3.63) is 249 Å². The van der Waals surface area contributed by atoms with E-state index in [1.165, 1.54) is 26.8 Å². The van der Waals surface area contributed by atoms with E-state index in [2.05, 4.69) is 115 Å². The van der Waals surface area contributed by atoms with Gasteiger partial charge < -0.3 is 4.42 Å². The highest BCUT2D eigenvalue weighted by Gasteiger charge is 2.41. The first-order chi connectivity index (χ1) is 34.4. The minimum Gasteiger partial charge on any atom is -0.456 e. The first kappa shape index (κ1) is 34.9. The van der Waals surface area contributed by atoms with Crippen LogP contribution in [0, 0.1) is 0 Å². The van der Waals surface area contributed by atoms with Crippen molar-refractivity contribution in [3.8, 4) is 56.4 Å². The molecule has 0 aliphatic carbocycles. The summed E-state index contributed by atoms with van der Waals surface area (Å²) in [5, 5.41) is 7.86. The number of aromatic nitrogens is 3. The topological polar surface area (TPSA) is 51.8 Å². The minimum atomic E-state index is -2.77. The maximum Gasteiger partial charge on any atom is 0.179 e. The van der Waals surface area contributed by atoms with E-state index >= 15 is 0 Å². The molecule has 0 unspecified atom stereocenters. The second-order valence-corrected chi connectivity index (χ2v) is 20.1. The number of fused-ring (bicyclic) bond motifs is 4. The van der Waals surface area contributed by atoms with Crippen LogP contribution >= 0.6 is 0 Å². The number of rotatable bonds is 9. The average Bonchev–Trinajstić information content (AvgIpc) is 3.80. The van der Waals surface area contributed by atoms with E-state index in [9.17, 15) is 2.74 Å². The molecule has 0 saturated heterocycles. The summed E-state index contributed by atoms with van der Waals surface area (Å²) in [6.07, 6.45) is 0. The third-order valence-corrected chi connectivity index (χ3v) is 17.4. The molecular weight excluding hydrogens is 819 g/mol. The largest absolute Gasteiger partial charge is 0.456 e. The minimum absolute atomic E-state index is 0.0421. The number of nitrogens with zero attached hydrogens (tertiary/aromatic N) is 3.